The third-order valence-corrected chi connectivity index (χ3v) is 4.45. The van der Waals surface area contributed by atoms with Gasteiger partial charge in [-0.1, -0.05) is 27.7 Å². The Bertz CT molecular complexity index is 205. The van der Waals surface area contributed by atoms with Gasteiger partial charge in [-0.05, 0) is 69.4 Å². The Morgan fingerprint density at radius 2 is 1.37 bits per heavy atom. The van der Waals surface area contributed by atoms with E-state index in [0.29, 0.717) is 6.04 Å². The van der Waals surface area contributed by atoms with Crippen molar-refractivity contribution in [2.45, 2.75) is 72.3 Å². The summed E-state index contributed by atoms with van der Waals surface area (Å²) in [5, 5.41) is 0. The van der Waals surface area contributed by atoms with Crippen LogP contribution in [0.5, 0.6) is 0 Å². The van der Waals surface area contributed by atoms with Crippen molar-refractivity contribution in [2.75, 3.05) is 19.6 Å². The Morgan fingerprint density at radius 3 is 1.79 bits per heavy atom. The smallest absolute Gasteiger partial charge is 0.00390 e. The van der Waals surface area contributed by atoms with E-state index in [0.717, 1.165) is 17.8 Å². The van der Waals surface area contributed by atoms with Crippen LogP contribution in [0.1, 0.15) is 66.2 Å². The number of nitrogens with two attached hydrogens (primary N) is 1. The average molecular weight is 268 g/mol. The normalized spacial score (nSPS) is 24.6. The first-order valence-corrected chi connectivity index (χ1v) is 8.45. The van der Waals surface area contributed by atoms with Crippen LogP contribution in [-0.4, -0.2) is 30.6 Å². The zero-order chi connectivity index (χ0) is 14.3. The van der Waals surface area contributed by atoms with Crippen molar-refractivity contribution in [3.05, 3.63) is 0 Å². The molecule has 2 N–H and O–H groups in total. The highest BCUT2D eigenvalue weighted by atomic mass is 15.1. The molecule has 19 heavy (non-hydrogen) atoms. The van der Waals surface area contributed by atoms with Gasteiger partial charge in [0, 0.05) is 12.6 Å². The maximum absolute atomic E-state index is 6.01. The zero-order valence-electron chi connectivity index (χ0n) is 13.7. The maximum Gasteiger partial charge on any atom is 0.00390 e. The van der Waals surface area contributed by atoms with E-state index in [1.54, 1.807) is 0 Å². The SMILES string of the molecule is CC(C)CCN(CCC(C)C)CC1CCC(N)CC1. The highest BCUT2D eigenvalue weighted by Crippen LogP contribution is 2.24. The van der Waals surface area contributed by atoms with Crippen LogP contribution in [0.4, 0.5) is 0 Å². The molecule has 0 spiro atoms. The lowest BCUT2D eigenvalue weighted by atomic mass is 9.86. The lowest BCUT2D eigenvalue weighted by Gasteiger charge is -2.32. The summed E-state index contributed by atoms with van der Waals surface area (Å²) < 4.78 is 0. The van der Waals surface area contributed by atoms with Gasteiger partial charge in [-0.15, -0.1) is 0 Å². The third kappa shape index (κ3) is 7.94. The number of hydrogen-bond donors (Lipinski definition) is 1. The van der Waals surface area contributed by atoms with Crippen LogP contribution in [0.3, 0.4) is 0 Å². The Labute approximate surface area is 121 Å². The monoisotopic (exact) mass is 268 g/mol. The van der Waals surface area contributed by atoms with Gasteiger partial charge in [0.05, 0.1) is 0 Å². The van der Waals surface area contributed by atoms with Crippen LogP contribution in [0.15, 0.2) is 0 Å². The molecule has 0 unspecified atom stereocenters. The minimum Gasteiger partial charge on any atom is -0.328 e. The molecule has 0 radical (unpaired) electrons. The Balaban J connectivity index is 2.34. The van der Waals surface area contributed by atoms with Crippen LogP contribution < -0.4 is 5.73 Å². The van der Waals surface area contributed by atoms with Gasteiger partial charge in [0.15, 0.2) is 0 Å². The summed E-state index contributed by atoms with van der Waals surface area (Å²) in [7, 11) is 0. The highest BCUT2D eigenvalue weighted by molar-refractivity contribution is 4.77. The van der Waals surface area contributed by atoms with E-state index in [1.165, 1.54) is 58.2 Å². The first-order valence-electron chi connectivity index (χ1n) is 8.45. The minimum atomic E-state index is 0.482. The number of nitrogens with zero attached hydrogens (tertiary/aromatic N) is 1. The topological polar surface area (TPSA) is 29.3 Å². The summed E-state index contributed by atoms with van der Waals surface area (Å²) in [4.78, 5) is 2.72. The van der Waals surface area contributed by atoms with Gasteiger partial charge in [-0.25, -0.2) is 0 Å². The van der Waals surface area contributed by atoms with Crippen molar-refractivity contribution >= 4 is 0 Å². The van der Waals surface area contributed by atoms with Gasteiger partial charge in [0.2, 0.25) is 0 Å². The fourth-order valence-corrected chi connectivity index (χ4v) is 2.91. The maximum atomic E-state index is 6.01. The summed E-state index contributed by atoms with van der Waals surface area (Å²) in [6, 6.07) is 0.482. The van der Waals surface area contributed by atoms with Gasteiger partial charge in [-0.3, -0.25) is 0 Å². The van der Waals surface area contributed by atoms with E-state index in [1.807, 2.05) is 0 Å². The molecule has 0 saturated heterocycles. The second kappa shape index (κ2) is 8.97. The van der Waals surface area contributed by atoms with Gasteiger partial charge in [0.1, 0.15) is 0 Å². The fraction of sp³-hybridized carbons (Fsp3) is 1.00. The van der Waals surface area contributed by atoms with Crippen LogP contribution in [-0.2, 0) is 0 Å². The van der Waals surface area contributed by atoms with Gasteiger partial charge < -0.3 is 10.6 Å². The van der Waals surface area contributed by atoms with Crippen LogP contribution in [0.2, 0.25) is 0 Å². The van der Waals surface area contributed by atoms with E-state index in [9.17, 15) is 0 Å². The van der Waals surface area contributed by atoms with Crippen molar-refractivity contribution in [3.63, 3.8) is 0 Å². The van der Waals surface area contributed by atoms with E-state index < -0.39 is 0 Å². The van der Waals surface area contributed by atoms with E-state index >= 15 is 0 Å². The predicted molar refractivity (Wildman–Crippen MR) is 85.3 cm³/mol. The third-order valence-electron chi connectivity index (χ3n) is 4.45. The van der Waals surface area contributed by atoms with Gasteiger partial charge in [0.25, 0.3) is 0 Å². The first kappa shape index (κ1) is 17.0. The molecule has 114 valence electrons. The lowest BCUT2D eigenvalue weighted by molar-refractivity contribution is 0.179. The van der Waals surface area contributed by atoms with E-state index in [-0.39, 0.29) is 0 Å². The number of hydrogen-bond acceptors (Lipinski definition) is 2. The van der Waals surface area contributed by atoms with Crippen LogP contribution in [0, 0.1) is 17.8 Å². The van der Waals surface area contributed by atoms with Crippen molar-refractivity contribution < 1.29 is 0 Å². The van der Waals surface area contributed by atoms with Crippen molar-refractivity contribution in [3.8, 4) is 0 Å². The Kier molecular flexibility index (Phi) is 8.01. The molecule has 2 heteroatoms. The molecule has 2 nitrogen and oxygen atoms in total. The molecule has 1 rings (SSSR count). The molecular weight excluding hydrogens is 232 g/mol. The Hall–Kier alpha value is -0.0800. The molecule has 0 aliphatic heterocycles. The number of rotatable bonds is 8. The molecule has 1 aliphatic rings. The highest BCUT2D eigenvalue weighted by Gasteiger charge is 2.21. The molecule has 0 heterocycles. The minimum absolute atomic E-state index is 0.482. The van der Waals surface area contributed by atoms with E-state index in [2.05, 4.69) is 32.6 Å². The summed E-state index contributed by atoms with van der Waals surface area (Å²) in [5.74, 6) is 2.54. The predicted octanol–water partition coefficient (Wildman–Crippen LogP) is 3.90. The van der Waals surface area contributed by atoms with Gasteiger partial charge >= 0.3 is 0 Å². The molecule has 0 aromatic heterocycles. The molecule has 1 saturated carbocycles. The van der Waals surface area contributed by atoms with Gasteiger partial charge in [-0.2, -0.15) is 0 Å². The standard InChI is InChI=1S/C17H36N2/c1-14(2)9-11-19(12-10-15(3)4)13-16-5-7-17(18)8-6-16/h14-17H,5-13,18H2,1-4H3. The van der Waals surface area contributed by atoms with Crippen molar-refractivity contribution in [2.24, 2.45) is 23.5 Å². The molecule has 0 amide bonds. The largest absolute Gasteiger partial charge is 0.328 e. The van der Waals surface area contributed by atoms with Crippen LogP contribution >= 0.6 is 0 Å². The summed E-state index contributed by atoms with van der Waals surface area (Å²) in [5.41, 5.74) is 6.01. The first-order chi connectivity index (χ1) is 8.97. The lowest BCUT2D eigenvalue weighted by Crippen LogP contribution is -2.36. The molecule has 0 atom stereocenters. The van der Waals surface area contributed by atoms with Crippen molar-refractivity contribution in [1.82, 2.24) is 4.90 Å². The molecular formula is C17H36N2. The van der Waals surface area contributed by atoms with Crippen molar-refractivity contribution in [1.29, 1.82) is 0 Å². The molecule has 1 fully saturated rings. The van der Waals surface area contributed by atoms with E-state index in [4.69, 9.17) is 5.73 Å². The average Bonchev–Trinajstić information content (AvgIpc) is 2.35. The summed E-state index contributed by atoms with van der Waals surface area (Å²) in [6.45, 7) is 13.2. The molecule has 0 aromatic carbocycles. The second-order valence-corrected chi connectivity index (χ2v) is 7.45. The summed E-state index contributed by atoms with van der Waals surface area (Å²) >= 11 is 0. The molecule has 1 aliphatic carbocycles. The Morgan fingerprint density at radius 1 is 0.895 bits per heavy atom. The molecule has 0 bridgehead atoms. The quantitative estimate of drug-likeness (QED) is 0.723. The second-order valence-electron chi connectivity index (χ2n) is 7.45. The zero-order valence-corrected chi connectivity index (χ0v) is 13.7. The molecule has 0 aromatic rings. The fourth-order valence-electron chi connectivity index (χ4n) is 2.91. The summed E-state index contributed by atoms with van der Waals surface area (Å²) in [6.07, 6.45) is 7.86. The van der Waals surface area contributed by atoms with Crippen LogP contribution in [0.25, 0.3) is 0 Å².